The maximum Gasteiger partial charge on any atom is 0.308 e. The van der Waals surface area contributed by atoms with Gasteiger partial charge in [0.15, 0.2) is 5.72 Å². The first kappa shape index (κ1) is 13.0. The third kappa shape index (κ3) is 7.67. The van der Waals surface area contributed by atoms with Gasteiger partial charge in [0.25, 0.3) is 0 Å². The SMILES string of the molecule is CCOC(=O)CC(C)/N=N/C(C)(C)O. The van der Waals surface area contributed by atoms with Crippen LogP contribution in [0.2, 0.25) is 0 Å². The molecule has 1 unspecified atom stereocenters. The van der Waals surface area contributed by atoms with Crippen LogP contribution in [0.5, 0.6) is 0 Å². The fourth-order valence-corrected chi connectivity index (χ4v) is 0.742. The highest BCUT2D eigenvalue weighted by Crippen LogP contribution is 2.07. The summed E-state index contributed by atoms with van der Waals surface area (Å²) in [5, 5.41) is 16.7. The third-order valence-electron chi connectivity index (χ3n) is 1.27. The highest BCUT2D eigenvalue weighted by Gasteiger charge is 2.12. The molecule has 82 valence electrons. The molecule has 0 rings (SSSR count). The van der Waals surface area contributed by atoms with Crippen molar-refractivity contribution in [1.82, 2.24) is 0 Å². The Hall–Kier alpha value is -0.970. The monoisotopic (exact) mass is 202 g/mol. The average molecular weight is 202 g/mol. The van der Waals surface area contributed by atoms with Gasteiger partial charge in [-0.1, -0.05) is 0 Å². The van der Waals surface area contributed by atoms with Crippen molar-refractivity contribution in [3.05, 3.63) is 0 Å². The van der Waals surface area contributed by atoms with Crippen molar-refractivity contribution in [2.24, 2.45) is 10.2 Å². The van der Waals surface area contributed by atoms with Crippen molar-refractivity contribution in [2.75, 3.05) is 6.61 Å². The number of carbonyl (C=O) groups excluding carboxylic acids is 1. The molecule has 0 aliphatic rings. The van der Waals surface area contributed by atoms with Gasteiger partial charge in [-0.15, -0.1) is 0 Å². The molecule has 1 atom stereocenters. The first-order valence-electron chi connectivity index (χ1n) is 4.65. The number of carbonyl (C=O) groups is 1. The van der Waals surface area contributed by atoms with Crippen molar-refractivity contribution in [2.45, 2.75) is 45.9 Å². The number of hydrogen-bond donors (Lipinski definition) is 1. The lowest BCUT2D eigenvalue weighted by Gasteiger charge is -2.10. The van der Waals surface area contributed by atoms with Crippen LogP contribution >= 0.6 is 0 Å². The summed E-state index contributed by atoms with van der Waals surface area (Å²) in [7, 11) is 0. The van der Waals surface area contributed by atoms with Crippen LogP contribution in [0.3, 0.4) is 0 Å². The lowest BCUT2D eigenvalue weighted by molar-refractivity contribution is -0.143. The van der Waals surface area contributed by atoms with Crippen LogP contribution in [0.4, 0.5) is 0 Å². The Morgan fingerprint density at radius 1 is 1.57 bits per heavy atom. The molecular formula is C9H18N2O3. The summed E-state index contributed by atoms with van der Waals surface area (Å²) < 4.78 is 4.74. The lowest BCUT2D eigenvalue weighted by Crippen LogP contribution is -2.16. The molecule has 5 nitrogen and oxygen atoms in total. The third-order valence-corrected chi connectivity index (χ3v) is 1.27. The number of aliphatic hydroxyl groups is 1. The van der Waals surface area contributed by atoms with E-state index < -0.39 is 5.72 Å². The molecule has 14 heavy (non-hydrogen) atoms. The molecule has 0 amide bonds. The van der Waals surface area contributed by atoms with Gasteiger partial charge in [-0.25, -0.2) is 0 Å². The quantitative estimate of drug-likeness (QED) is 0.542. The van der Waals surface area contributed by atoms with Crippen LogP contribution in [0.25, 0.3) is 0 Å². The van der Waals surface area contributed by atoms with E-state index in [2.05, 4.69) is 10.2 Å². The minimum Gasteiger partial charge on any atom is -0.466 e. The van der Waals surface area contributed by atoms with E-state index >= 15 is 0 Å². The zero-order valence-corrected chi connectivity index (χ0v) is 9.15. The summed E-state index contributed by atoms with van der Waals surface area (Å²) in [5.41, 5.74) is -1.18. The Bertz CT molecular complexity index is 209. The number of nitrogens with zero attached hydrogens (tertiary/aromatic N) is 2. The Balaban J connectivity index is 3.92. The summed E-state index contributed by atoms with van der Waals surface area (Å²) in [5.74, 6) is -0.297. The summed E-state index contributed by atoms with van der Waals surface area (Å²) in [6.45, 7) is 6.91. The smallest absolute Gasteiger partial charge is 0.308 e. The summed E-state index contributed by atoms with van der Waals surface area (Å²) in [4.78, 5) is 11.0. The first-order chi connectivity index (χ1) is 6.35. The van der Waals surface area contributed by atoms with Crippen molar-refractivity contribution in [1.29, 1.82) is 0 Å². The van der Waals surface area contributed by atoms with Gasteiger partial charge in [-0.2, -0.15) is 10.2 Å². The van der Waals surface area contributed by atoms with E-state index in [1.165, 1.54) is 13.8 Å². The van der Waals surface area contributed by atoms with Gasteiger partial charge in [-0.3, -0.25) is 4.79 Å². The fraction of sp³-hybridized carbons (Fsp3) is 0.889. The van der Waals surface area contributed by atoms with Gasteiger partial charge in [-0.05, 0) is 27.7 Å². The number of ether oxygens (including phenoxy) is 1. The summed E-state index contributed by atoms with van der Waals surface area (Å²) >= 11 is 0. The van der Waals surface area contributed by atoms with Crippen LogP contribution in [0.15, 0.2) is 10.2 Å². The van der Waals surface area contributed by atoms with Crippen LogP contribution in [-0.4, -0.2) is 29.4 Å². The van der Waals surface area contributed by atoms with Crippen molar-refractivity contribution in [3.8, 4) is 0 Å². The van der Waals surface area contributed by atoms with Gasteiger partial charge >= 0.3 is 5.97 Å². The molecule has 0 aromatic carbocycles. The highest BCUT2D eigenvalue weighted by atomic mass is 16.5. The van der Waals surface area contributed by atoms with E-state index in [9.17, 15) is 9.90 Å². The van der Waals surface area contributed by atoms with E-state index in [1.54, 1.807) is 13.8 Å². The van der Waals surface area contributed by atoms with E-state index in [0.717, 1.165) is 0 Å². The van der Waals surface area contributed by atoms with E-state index in [4.69, 9.17) is 4.74 Å². The zero-order valence-electron chi connectivity index (χ0n) is 9.15. The van der Waals surface area contributed by atoms with Gasteiger partial charge in [0.05, 0.1) is 19.1 Å². The lowest BCUT2D eigenvalue weighted by atomic mass is 10.2. The zero-order chi connectivity index (χ0) is 11.2. The highest BCUT2D eigenvalue weighted by molar-refractivity contribution is 5.69. The van der Waals surface area contributed by atoms with Crippen molar-refractivity contribution >= 4 is 5.97 Å². The molecular weight excluding hydrogens is 184 g/mol. The predicted octanol–water partition coefficient (Wildman–Crippen LogP) is 1.51. The molecule has 0 aromatic heterocycles. The molecule has 0 heterocycles. The molecule has 1 N–H and O–H groups in total. The summed E-state index contributed by atoms with van der Waals surface area (Å²) in [6.07, 6.45) is 0.188. The normalized spacial score (nSPS) is 14.4. The number of rotatable bonds is 5. The molecule has 0 bridgehead atoms. The second-order valence-electron chi connectivity index (χ2n) is 3.57. The molecule has 0 aliphatic heterocycles. The van der Waals surface area contributed by atoms with Gasteiger partial charge in [0, 0.05) is 0 Å². The number of azo groups is 1. The molecule has 0 aromatic rings. The second-order valence-corrected chi connectivity index (χ2v) is 3.57. The maximum absolute atomic E-state index is 11.0. The van der Waals surface area contributed by atoms with Crippen LogP contribution in [-0.2, 0) is 9.53 Å². The number of hydrogen-bond acceptors (Lipinski definition) is 5. The molecule has 0 aliphatic carbocycles. The van der Waals surface area contributed by atoms with E-state index in [-0.39, 0.29) is 18.4 Å². The van der Waals surface area contributed by atoms with Crippen LogP contribution in [0, 0.1) is 0 Å². The topological polar surface area (TPSA) is 71.2 Å². The largest absolute Gasteiger partial charge is 0.466 e. The molecule has 0 radical (unpaired) electrons. The maximum atomic E-state index is 11.0. The molecule has 0 saturated heterocycles. The molecule has 0 fully saturated rings. The first-order valence-corrected chi connectivity index (χ1v) is 4.65. The Kier molecular flexibility index (Phi) is 5.30. The number of esters is 1. The van der Waals surface area contributed by atoms with Gasteiger partial charge in [0.1, 0.15) is 0 Å². The molecule has 0 saturated carbocycles. The molecule has 0 spiro atoms. The van der Waals surface area contributed by atoms with E-state index in [1.807, 2.05) is 0 Å². The van der Waals surface area contributed by atoms with Gasteiger partial charge < -0.3 is 9.84 Å². The minimum absolute atomic E-state index is 0.188. The Morgan fingerprint density at radius 3 is 2.57 bits per heavy atom. The average Bonchev–Trinajstić information content (AvgIpc) is 2.00. The van der Waals surface area contributed by atoms with Crippen molar-refractivity contribution in [3.63, 3.8) is 0 Å². The standard InChI is InChI=1S/C9H18N2O3/c1-5-14-8(12)6-7(2)10-11-9(3,4)13/h7,13H,5-6H2,1-4H3/b11-10+. The molecule has 5 heteroatoms. The van der Waals surface area contributed by atoms with Gasteiger partial charge in [0.2, 0.25) is 0 Å². The summed E-state index contributed by atoms with van der Waals surface area (Å²) in [6, 6.07) is -0.263. The predicted molar refractivity (Wildman–Crippen MR) is 51.9 cm³/mol. The van der Waals surface area contributed by atoms with Crippen molar-refractivity contribution < 1.29 is 14.6 Å². The van der Waals surface area contributed by atoms with Crippen LogP contribution in [0.1, 0.15) is 34.1 Å². The Labute approximate surface area is 84.2 Å². The Morgan fingerprint density at radius 2 is 2.14 bits per heavy atom. The van der Waals surface area contributed by atoms with E-state index in [0.29, 0.717) is 6.61 Å². The minimum atomic E-state index is -1.18. The fourth-order valence-electron chi connectivity index (χ4n) is 0.742. The second kappa shape index (κ2) is 5.70. The van der Waals surface area contributed by atoms with Crippen LogP contribution < -0.4 is 0 Å².